The van der Waals surface area contributed by atoms with Gasteiger partial charge in [0.1, 0.15) is 11.8 Å². The van der Waals surface area contributed by atoms with Gasteiger partial charge in [0.2, 0.25) is 23.6 Å². The fourth-order valence-electron chi connectivity index (χ4n) is 2.63. The van der Waals surface area contributed by atoms with Gasteiger partial charge in [0.15, 0.2) is 0 Å². The first-order valence-electron chi connectivity index (χ1n) is 9.16. The zero-order chi connectivity index (χ0) is 24.6. The van der Waals surface area contributed by atoms with Crippen LogP contribution in [0.5, 0.6) is 0 Å². The highest BCUT2D eigenvalue weighted by Crippen LogP contribution is 2.34. The predicted octanol–water partition coefficient (Wildman–Crippen LogP) is -2.14. The van der Waals surface area contributed by atoms with Gasteiger partial charge in [-0.3, -0.25) is 28.5 Å². The Hall–Kier alpha value is -2.74. The second-order valence-corrected chi connectivity index (χ2v) is 9.69. The SMILES string of the molecule is CNC(=O)CNC(=O)CNC(=O)C(CS(=O)(=O)O)NC(=O)C(C)(C)CC(C)(C)C(=O)O. The topological polar surface area (TPSA) is 208 Å². The second-order valence-electron chi connectivity index (χ2n) is 8.19. The van der Waals surface area contributed by atoms with Crippen LogP contribution in [0.25, 0.3) is 0 Å². The van der Waals surface area contributed by atoms with Crippen LogP contribution in [0.2, 0.25) is 0 Å². The van der Waals surface area contributed by atoms with Crippen LogP contribution < -0.4 is 21.3 Å². The Balaban J connectivity index is 5.24. The molecule has 0 rings (SSSR count). The van der Waals surface area contributed by atoms with Crippen molar-refractivity contribution >= 4 is 39.7 Å². The largest absolute Gasteiger partial charge is 0.481 e. The van der Waals surface area contributed by atoms with Gasteiger partial charge in [0.25, 0.3) is 10.1 Å². The van der Waals surface area contributed by atoms with Gasteiger partial charge in [-0.25, -0.2) is 0 Å². The summed E-state index contributed by atoms with van der Waals surface area (Å²) in [6.45, 7) is 4.69. The summed E-state index contributed by atoms with van der Waals surface area (Å²) in [5.41, 5.74) is -2.60. The summed E-state index contributed by atoms with van der Waals surface area (Å²) in [5.74, 6) is -5.45. The number of carbonyl (C=O) groups is 5. The Morgan fingerprint density at radius 3 is 1.87 bits per heavy atom. The van der Waals surface area contributed by atoms with Crippen LogP contribution in [0.1, 0.15) is 34.1 Å². The van der Waals surface area contributed by atoms with E-state index in [4.69, 9.17) is 4.55 Å². The summed E-state index contributed by atoms with van der Waals surface area (Å²) in [6, 6.07) is -1.75. The quantitative estimate of drug-likeness (QED) is 0.173. The Morgan fingerprint density at radius 2 is 1.42 bits per heavy atom. The van der Waals surface area contributed by atoms with E-state index in [1.807, 2.05) is 0 Å². The number of carboxylic acid groups (broad SMARTS) is 1. The molecule has 0 saturated heterocycles. The smallest absolute Gasteiger partial charge is 0.309 e. The van der Waals surface area contributed by atoms with Gasteiger partial charge >= 0.3 is 5.97 Å². The van der Waals surface area contributed by atoms with E-state index < -0.39 is 68.9 Å². The number of hydrogen-bond donors (Lipinski definition) is 6. The zero-order valence-corrected chi connectivity index (χ0v) is 18.9. The van der Waals surface area contributed by atoms with Gasteiger partial charge in [0.05, 0.1) is 18.5 Å². The first kappa shape index (κ1) is 28.3. The minimum atomic E-state index is -4.69. The lowest BCUT2D eigenvalue weighted by molar-refractivity contribution is -0.150. The number of aliphatic carboxylic acids is 1. The lowest BCUT2D eigenvalue weighted by Crippen LogP contribution is -2.55. The van der Waals surface area contributed by atoms with Crippen molar-refractivity contribution in [2.45, 2.75) is 40.2 Å². The third-order valence-corrected chi connectivity index (χ3v) is 4.98. The van der Waals surface area contributed by atoms with Gasteiger partial charge in [-0.05, 0) is 20.3 Å². The summed E-state index contributed by atoms with van der Waals surface area (Å²) >= 11 is 0. The normalized spacial score (nSPS) is 13.0. The molecule has 0 saturated carbocycles. The molecule has 13 nitrogen and oxygen atoms in total. The number of amides is 4. The molecule has 0 aliphatic carbocycles. The Morgan fingerprint density at radius 1 is 0.903 bits per heavy atom. The fraction of sp³-hybridized carbons (Fsp3) is 0.706. The average Bonchev–Trinajstić information content (AvgIpc) is 2.61. The molecule has 0 aliphatic rings. The molecule has 0 radical (unpaired) electrons. The van der Waals surface area contributed by atoms with Gasteiger partial charge in [-0.2, -0.15) is 8.42 Å². The van der Waals surface area contributed by atoms with E-state index in [1.165, 1.54) is 34.7 Å². The van der Waals surface area contributed by atoms with Crippen molar-refractivity contribution in [1.82, 2.24) is 21.3 Å². The zero-order valence-electron chi connectivity index (χ0n) is 18.1. The molecule has 178 valence electrons. The molecule has 14 heteroatoms. The molecule has 1 atom stereocenters. The van der Waals surface area contributed by atoms with E-state index in [9.17, 15) is 37.5 Å². The standard InChI is InChI=1S/C17H30N4O9S/c1-16(2,9-17(3,4)15(26)27)14(25)21-10(8-31(28,29)30)13(24)20-7-12(23)19-6-11(22)18-5/h10H,6-9H2,1-5H3,(H,18,22)(H,19,23)(H,20,24)(H,21,25)(H,26,27)(H,28,29,30). The van der Waals surface area contributed by atoms with Crippen molar-refractivity contribution in [2.75, 3.05) is 25.9 Å². The van der Waals surface area contributed by atoms with Crippen molar-refractivity contribution in [3.63, 3.8) is 0 Å². The van der Waals surface area contributed by atoms with Crippen molar-refractivity contribution in [3.05, 3.63) is 0 Å². The molecule has 1 unspecified atom stereocenters. The molecule has 6 N–H and O–H groups in total. The third-order valence-electron chi connectivity index (χ3n) is 4.22. The second kappa shape index (κ2) is 11.0. The molecule has 0 aromatic rings. The molecule has 31 heavy (non-hydrogen) atoms. The van der Waals surface area contributed by atoms with E-state index in [0.29, 0.717) is 0 Å². The monoisotopic (exact) mass is 466 g/mol. The molecular weight excluding hydrogens is 436 g/mol. The molecule has 0 heterocycles. The molecule has 0 aliphatic heterocycles. The maximum Gasteiger partial charge on any atom is 0.309 e. The summed E-state index contributed by atoms with van der Waals surface area (Å²) in [6.07, 6.45) is -0.136. The Kier molecular flexibility index (Phi) is 10.1. The lowest BCUT2D eigenvalue weighted by Gasteiger charge is -2.32. The Bertz CT molecular complexity index is 821. The van der Waals surface area contributed by atoms with E-state index in [2.05, 4.69) is 21.3 Å². The van der Waals surface area contributed by atoms with Crippen molar-refractivity contribution in [1.29, 1.82) is 0 Å². The van der Waals surface area contributed by atoms with Crippen LogP contribution in [0.3, 0.4) is 0 Å². The number of hydrogen-bond acceptors (Lipinski definition) is 7. The first-order valence-corrected chi connectivity index (χ1v) is 10.8. The maximum atomic E-state index is 12.6. The number of rotatable bonds is 12. The summed E-state index contributed by atoms with van der Waals surface area (Å²) in [4.78, 5) is 59.0. The van der Waals surface area contributed by atoms with Gasteiger partial charge in [0, 0.05) is 12.5 Å². The van der Waals surface area contributed by atoms with E-state index >= 15 is 0 Å². The van der Waals surface area contributed by atoms with Crippen LogP contribution in [0.4, 0.5) is 0 Å². The molecule has 0 aromatic heterocycles. The van der Waals surface area contributed by atoms with Crippen LogP contribution in [0.15, 0.2) is 0 Å². The van der Waals surface area contributed by atoms with Crippen LogP contribution in [-0.2, 0) is 34.1 Å². The maximum absolute atomic E-state index is 12.6. The van der Waals surface area contributed by atoms with Gasteiger partial charge in [-0.1, -0.05) is 13.8 Å². The van der Waals surface area contributed by atoms with Crippen LogP contribution >= 0.6 is 0 Å². The third kappa shape index (κ3) is 10.7. The van der Waals surface area contributed by atoms with Gasteiger partial charge < -0.3 is 26.4 Å². The molecule has 0 aromatic carbocycles. The van der Waals surface area contributed by atoms with E-state index in [0.717, 1.165) is 0 Å². The highest BCUT2D eigenvalue weighted by atomic mass is 32.2. The highest BCUT2D eigenvalue weighted by Gasteiger charge is 2.40. The summed E-state index contributed by atoms with van der Waals surface area (Å²) in [7, 11) is -3.34. The average molecular weight is 467 g/mol. The molecule has 0 fully saturated rings. The molecule has 0 spiro atoms. The number of carbonyl (C=O) groups excluding carboxylic acids is 4. The highest BCUT2D eigenvalue weighted by molar-refractivity contribution is 7.85. The molecule has 4 amide bonds. The molecular formula is C17H30N4O9S. The van der Waals surface area contributed by atoms with Crippen molar-refractivity contribution in [3.8, 4) is 0 Å². The van der Waals surface area contributed by atoms with Crippen molar-refractivity contribution in [2.24, 2.45) is 10.8 Å². The number of likely N-dealkylation sites (N-methyl/N-ethyl adjacent to an activating group) is 1. The number of carboxylic acids is 1. The van der Waals surface area contributed by atoms with Crippen LogP contribution in [0, 0.1) is 10.8 Å². The summed E-state index contributed by atoms with van der Waals surface area (Å²) < 4.78 is 31.6. The lowest BCUT2D eigenvalue weighted by atomic mass is 9.74. The van der Waals surface area contributed by atoms with Gasteiger partial charge in [-0.15, -0.1) is 0 Å². The molecule has 0 bridgehead atoms. The Labute approximate surface area is 180 Å². The minimum absolute atomic E-state index is 0.136. The number of nitrogens with one attached hydrogen (secondary N) is 4. The van der Waals surface area contributed by atoms with E-state index in [-0.39, 0.29) is 13.0 Å². The van der Waals surface area contributed by atoms with E-state index in [1.54, 1.807) is 0 Å². The fourth-order valence-corrected chi connectivity index (χ4v) is 3.28. The van der Waals surface area contributed by atoms with Crippen molar-refractivity contribution < 1.29 is 42.0 Å². The van der Waals surface area contributed by atoms with Crippen LogP contribution in [-0.4, -0.2) is 79.6 Å². The predicted molar refractivity (Wildman–Crippen MR) is 108 cm³/mol. The minimum Gasteiger partial charge on any atom is -0.481 e. The summed E-state index contributed by atoms with van der Waals surface area (Å²) in [5, 5.41) is 18.0. The first-order chi connectivity index (χ1) is 13.9.